The van der Waals surface area contributed by atoms with Crippen molar-refractivity contribution in [3.05, 3.63) is 0 Å². The molecule has 1 rings (SSSR count). The van der Waals surface area contributed by atoms with E-state index in [1.165, 1.54) is 0 Å². The Morgan fingerprint density at radius 1 is 1.65 bits per heavy atom. The fraction of sp³-hybridized carbons (Fsp3) is 0.917. The SMILES string of the molecule is CCCCOCC(O)CN1CCOC(C#N)C1. The van der Waals surface area contributed by atoms with E-state index in [1.807, 2.05) is 4.90 Å². The van der Waals surface area contributed by atoms with Crippen LogP contribution in [0.1, 0.15) is 19.8 Å². The van der Waals surface area contributed by atoms with E-state index in [2.05, 4.69) is 13.0 Å². The zero-order chi connectivity index (χ0) is 12.5. The summed E-state index contributed by atoms with van der Waals surface area (Å²) < 4.78 is 10.6. The highest BCUT2D eigenvalue weighted by molar-refractivity contribution is 4.89. The maximum atomic E-state index is 9.77. The summed E-state index contributed by atoms with van der Waals surface area (Å²) in [5, 5.41) is 18.5. The smallest absolute Gasteiger partial charge is 0.156 e. The number of morpholine rings is 1. The molecule has 2 unspecified atom stereocenters. The van der Waals surface area contributed by atoms with Gasteiger partial charge in [0.15, 0.2) is 6.10 Å². The Kier molecular flexibility index (Phi) is 7.13. The topological polar surface area (TPSA) is 65.7 Å². The molecule has 2 atom stereocenters. The van der Waals surface area contributed by atoms with Gasteiger partial charge in [-0.25, -0.2) is 0 Å². The van der Waals surface area contributed by atoms with Crippen LogP contribution in [-0.4, -0.2) is 61.7 Å². The lowest BCUT2D eigenvalue weighted by Gasteiger charge is -2.31. The maximum absolute atomic E-state index is 9.77. The molecule has 0 saturated carbocycles. The molecule has 17 heavy (non-hydrogen) atoms. The standard InChI is InChI=1S/C12H22N2O3/c1-2-3-5-16-10-11(15)8-14-4-6-17-12(7-13)9-14/h11-12,15H,2-6,8-10H2,1H3. The number of ether oxygens (including phenoxy) is 2. The Hall–Kier alpha value is -0.670. The number of nitriles is 1. The minimum absolute atomic E-state index is 0.364. The van der Waals surface area contributed by atoms with Crippen molar-refractivity contribution in [2.24, 2.45) is 0 Å². The molecule has 5 nitrogen and oxygen atoms in total. The van der Waals surface area contributed by atoms with Gasteiger partial charge in [-0.3, -0.25) is 4.90 Å². The third kappa shape index (κ3) is 5.99. The van der Waals surface area contributed by atoms with Crippen molar-refractivity contribution in [2.45, 2.75) is 32.0 Å². The third-order valence-corrected chi connectivity index (χ3v) is 2.72. The fourth-order valence-electron chi connectivity index (χ4n) is 1.76. The highest BCUT2D eigenvalue weighted by Crippen LogP contribution is 2.05. The Morgan fingerprint density at radius 2 is 2.47 bits per heavy atom. The second kappa shape index (κ2) is 8.43. The summed E-state index contributed by atoms with van der Waals surface area (Å²) in [6, 6.07) is 2.09. The van der Waals surface area contributed by atoms with Gasteiger partial charge >= 0.3 is 0 Å². The molecule has 1 heterocycles. The van der Waals surface area contributed by atoms with Crippen LogP contribution in [0.5, 0.6) is 0 Å². The van der Waals surface area contributed by atoms with Crippen molar-refractivity contribution in [3.8, 4) is 6.07 Å². The first-order chi connectivity index (χ1) is 8.26. The molecule has 0 amide bonds. The highest BCUT2D eigenvalue weighted by atomic mass is 16.5. The number of nitrogens with zero attached hydrogens (tertiary/aromatic N) is 2. The molecule has 0 spiro atoms. The number of hydrogen-bond donors (Lipinski definition) is 1. The molecule has 0 radical (unpaired) electrons. The Bertz CT molecular complexity index is 242. The van der Waals surface area contributed by atoms with E-state index in [1.54, 1.807) is 0 Å². The van der Waals surface area contributed by atoms with Gasteiger partial charge in [-0.1, -0.05) is 13.3 Å². The molecule has 1 fully saturated rings. The molecule has 1 N–H and O–H groups in total. The van der Waals surface area contributed by atoms with E-state index in [0.717, 1.165) is 19.4 Å². The number of hydrogen-bond acceptors (Lipinski definition) is 5. The highest BCUT2D eigenvalue weighted by Gasteiger charge is 2.21. The zero-order valence-corrected chi connectivity index (χ0v) is 10.5. The van der Waals surface area contributed by atoms with Gasteiger partial charge in [0.2, 0.25) is 0 Å². The van der Waals surface area contributed by atoms with Crippen LogP contribution in [0.15, 0.2) is 0 Å². The van der Waals surface area contributed by atoms with Crippen LogP contribution in [0.25, 0.3) is 0 Å². The summed E-state index contributed by atoms with van der Waals surface area (Å²) >= 11 is 0. The summed E-state index contributed by atoms with van der Waals surface area (Å²) in [4.78, 5) is 2.05. The van der Waals surface area contributed by atoms with Crippen LogP contribution in [0.3, 0.4) is 0 Å². The minimum Gasteiger partial charge on any atom is -0.389 e. The second-order valence-corrected chi connectivity index (χ2v) is 4.33. The van der Waals surface area contributed by atoms with Crippen molar-refractivity contribution in [2.75, 3.05) is 39.5 Å². The average molecular weight is 242 g/mol. The summed E-state index contributed by atoms with van der Waals surface area (Å²) in [5.41, 5.74) is 0. The molecule has 0 bridgehead atoms. The van der Waals surface area contributed by atoms with Crippen LogP contribution in [0.4, 0.5) is 0 Å². The second-order valence-electron chi connectivity index (χ2n) is 4.33. The van der Waals surface area contributed by atoms with E-state index in [4.69, 9.17) is 14.7 Å². The number of β-amino-alcohol motifs (C(OH)–C–C–N with tert-alkyl or cyclic N) is 1. The van der Waals surface area contributed by atoms with Crippen LogP contribution in [0.2, 0.25) is 0 Å². The summed E-state index contributed by atoms with van der Waals surface area (Å²) in [6.07, 6.45) is 1.28. The molecule has 0 aromatic heterocycles. The zero-order valence-electron chi connectivity index (χ0n) is 10.5. The Morgan fingerprint density at radius 3 is 3.18 bits per heavy atom. The van der Waals surface area contributed by atoms with E-state index < -0.39 is 6.10 Å². The van der Waals surface area contributed by atoms with Crippen LogP contribution in [0, 0.1) is 11.3 Å². The summed E-state index contributed by atoms with van der Waals surface area (Å²) in [6.45, 7) is 5.63. The number of unbranched alkanes of at least 4 members (excludes halogenated alkanes) is 1. The average Bonchev–Trinajstić information content (AvgIpc) is 2.35. The van der Waals surface area contributed by atoms with Gasteiger partial charge in [-0.2, -0.15) is 5.26 Å². The molecular formula is C12H22N2O3. The van der Waals surface area contributed by atoms with Crippen LogP contribution < -0.4 is 0 Å². The van der Waals surface area contributed by atoms with Crippen molar-refractivity contribution in [1.29, 1.82) is 5.26 Å². The van der Waals surface area contributed by atoms with E-state index in [9.17, 15) is 5.11 Å². The summed E-state index contributed by atoms with van der Waals surface area (Å²) in [5.74, 6) is 0. The molecule has 0 aliphatic carbocycles. The first-order valence-corrected chi connectivity index (χ1v) is 6.25. The van der Waals surface area contributed by atoms with Crippen LogP contribution in [-0.2, 0) is 9.47 Å². The predicted molar refractivity (Wildman–Crippen MR) is 63.5 cm³/mol. The number of rotatable bonds is 7. The van der Waals surface area contributed by atoms with E-state index in [0.29, 0.717) is 32.9 Å². The van der Waals surface area contributed by atoms with Crippen LogP contribution >= 0.6 is 0 Å². The Balaban J connectivity index is 2.12. The van der Waals surface area contributed by atoms with Gasteiger partial charge in [0, 0.05) is 26.2 Å². The maximum Gasteiger partial charge on any atom is 0.156 e. The summed E-state index contributed by atoms with van der Waals surface area (Å²) in [7, 11) is 0. The first kappa shape index (κ1) is 14.4. The monoisotopic (exact) mass is 242 g/mol. The lowest BCUT2D eigenvalue weighted by molar-refractivity contribution is -0.0325. The molecular weight excluding hydrogens is 220 g/mol. The van der Waals surface area contributed by atoms with Crippen molar-refractivity contribution >= 4 is 0 Å². The van der Waals surface area contributed by atoms with Gasteiger partial charge in [-0.15, -0.1) is 0 Å². The molecule has 0 aromatic carbocycles. The fourth-order valence-corrected chi connectivity index (χ4v) is 1.76. The molecule has 1 aliphatic rings. The van der Waals surface area contributed by atoms with E-state index >= 15 is 0 Å². The van der Waals surface area contributed by atoms with Gasteiger partial charge < -0.3 is 14.6 Å². The lowest BCUT2D eigenvalue weighted by atomic mass is 10.2. The predicted octanol–water partition coefficient (Wildman–Crippen LogP) is 0.388. The minimum atomic E-state index is -0.482. The molecule has 0 aromatic rings. The van der Waals surface area contributed by atoms with Gasteiger partial charge in [0.05, 0.1) is 25.4 Å². The number of aliphatic hydroxyl groups is 1. The molecule has 1 saturated heterocycles. The van der Waals surface area contributed by atoms with E-state index in [-0.39, 0.29) is 6.10 Å². The van der Waals surface area contributed by atoms with Gasteiger partial charge in [-0.05, 0) is 6.42 Å². The quantitative estimate of drug-likeness (QED) is 0.654. The largest absolute Gasteiger partial charge is 0.389 e. The van der Waals surface area contributed by atoms with Crippen molar-refractivity contribution in [1.82, 2.24) is 4.90 Å². The van der Waals surface area contributed by atoms with Gasteiger partial charge in [0.25, 0.3) is 0 Å². The third-order valence-electron chi connectivity index (χ3n) is 2.72. The molecule has 98 valence electrons. The lowest BCUT2D eigenvalue weighted by Crippen LogP contribution is -2.45. The van der Waals surface area contributed by atoms with Crippen molar-refractivity contribution in [3.63, 3.8) is 0 Å². The Labute approximate surface area is 103 Å². The van der Waals surface area contributed by atoms with Crippen molar-refractivity contribution < 1.29 is 14.6 Å². The normalized spacial score (nSPS) is 23.2. The molecule has 5 heteroatoms. The van der Waals surface area contributed by atoms with Gasteiger partial charge in [0.1, 0.15) is 0 Å². The molecule has 1 aliphatic heterocycles. The number of aliphatic hydroxyl groups excluding tert-OH is 1. The first-order valence-electron chi connectivity index (χ1n) is 6.25.